The number of rotatable bonds is 8. The molecule has 11 heteroatoms. The van der Waals surface area contributed by atoms with E-state index in [0.29, 0.717) is 51.7 Å². The average molecular weight is 654 g/mol. The number of carbonyl (C=O) groups excluding carboxylic acids is 1. The predicted octanol–water partition coefficient (Wildman–Crippen LogP) is 7.53. The molecule has 4 heterocycles. The monoisotopic (exact) mass is 652 g/mol. The summed E-state index contributed by atoms with van der Waals surface area (Å²) >= 11 is 14.8. The third-order valence-electron chi connectivity index (χ3n) is 9.82. The quantitative estimate of drug-likeness (QED) is 0.182. The van der Waals surface area contributed by atoms with Crippen molar-refractivity contribution in [2.75, 3.05) is 31.8 Å². The highest BCUT2D eigenvalue weighted by Crippen LogP contribution is 2.47. The minimum atomic E-state index is -0.307. The Morgan fingerprint density at radius 1 is 1.07 bits per heavy atom. The fourth-order valence-electron chi connectivity index (χ4n) is 7.40. The molecule has 3 atom stereocenters. The normalized spacial score (nSPS) is 23.6. The molecule has 8 rings (SSSR count). The third-order valence-corrected chi connectivity index (χ3v) is 11.5. The summed E-state index contributed by atoms with van der Waals surface area (Å²) < 4.78 is 20.3. The molecule has 4 fully saturated rings. The van der Waals surface area contributed by atoms with E-state index < -0.39 is 0 Å². The largest absolute Gasteiger partial charge is 0.465 e. The molecule has 2 saturated carbocycles. The van der Waals surface area contributed by atoms with E-state index in [1.54, 1.807) is 11.3 Å². The van der Waals surface area contributed by atoms with E-state index in [1.807, 2.05) is 41.2 Å². The minimum Gasteiger partial charge on any atom is -0.465 e. The SMILES string of the molecule is COC(=O)c1cc(C2CCOCC2)c2nc(N3CC4CC3CC4OCc3c(C4CC4)cnn3-c3c(Cl)cccc3Cl)sc2c1. The Balaban J connectivity index is 1.02. The van der Waals surface area contributed by atoms with Crippen LogP contribution in [0.15, 0.2) is 36.5 Å². The lowest BCUT2D eigenvalue weighted by Gasteiger charge is -2.31. The lowest BCUT2D eigenvalue weighted by atomic mass is 9.90. The maximum atomic E-state index is 12.5. The van der Waals surface area contributed by atoms with Gasteiger partial charge in [-0.3, -0.25) is 0 Å². The van der Waals surface area contributed by atoms with E-state index in [-0.39, 0.29) is 12.1 Å². The highest BCUT2D eigenvalue weighted by atomic mass is 35.5. The van der Waals surface area contributed by atoms with Crippen molar-refractivity contribution in [3.05, 3.63) is 69.0 Å². The molecular formula is C33H34Cl2N4O4S. The van der Waals surface area contributed by atoms with Crippen molar-refractivity contribution in [1.29, 1.82) is 0 Å². The van der Waals surface area contributed by atoms with Gasteiger partial charge in [0.25, 0.3) is 0 Å². The molecule has 230 valence electrons. The standard InChI is InChI=1S/C33H34Cl2N4O4S/c1-41-32(40)20-12-23(19-7-9-42-10-8-19)30-29(13-20)44-33(37-30)38-16-21-11-22(38)14-28(21)43-17-27-24(18-5-6-18)15-36-39(27)31-25(34)3-2-4-26(31)35/h2-4,12-13,15,18-19,21-22,28H,5-11,14,16-17H2,1H3. The van der Waals surface area contributed by atoms with Gasteiger partial charge in [0.1, 0.15) is 5.69 Å². The molecule has 2 saturated heterocycles. The molecule has 4 aromatic rings. The van der Waals surface area contributed by atoms with Crippen molar-refractivity contribution < 1.29 is 19.0 Å². The van der Waals surface area contributed by atoms with E-state index in [2.05, 4.69) is 4.90 Å². The first-order chi connectivity index (χ1) is 21.5. The van der Waals surface area contributed by atoms with E-state index >= 15 is 0 Å². The van der Waals surface area contributed by atoms with Gasteiger partial charge in [0.15, 0.2) is 5.13 Å². The zero-order chi connectivity index (χ0) is 29.9. The number of carbonyl (C=O) groups is 1. The summed E-state index contributed by atoms with van der Waals surface area (Å²) in [5, 5.41) is 6.90. The molecule has 0 amide bonds. The van der Waals surface area contributed by atoms with Crippen molar-refractivity contribution in [3.8, 4) is 5.69 Å². The van der Waals surface area contributed by atoms with Gasteiger partial charge < -0.3 is 19.1 Å². The Labute approximate surface area is 270 Å². The number of para-hydroxylation sites is 1. The second-order valence-corrected chi connectivity index (χ2v) is 14.3. The molecule has 2 aromatic heterocycles. The van der Waals surface area contributed by atoms with Gasteiger partial charge in [0.05, 0.1) is 57.5 Å². The summed E-state index contributed by atoms with van der Waals surface area (Å²) in [5.74, 6) is 0.979. The van der Waals surface area contributed by atoms with E-state index in [4.69, 9.17) is 47.5 Å². The van der Waals surface area contributed by atoms with Gasteiger partial charge in [-0.1, -0.05) is 40.6 Å². The molecule has 2 aromatic carbocycles. The van der Waals surface area contributed by atoms with E-state index in [1.165, 1.54) is 25.5 Å². The van der Waals surface area contributed by atoms with Crippen molar-refractivity contribution in [1.82, 2.24) is 14.8 Å². The molecule has 4 aliphatic rings. The van der Waals surface area contributed by atoms with Crippen molar-refractivity contribution in [3.63, 3.8) is 0 Å². The number of thiazole rings is 1. The Morgan fingerprint density at radius 2 is 1.84 bits per heavy atom. The highest BCUT2D eigenvalue weighted by molar-refractivity contribution is 7.22. The molecule has 2 aliphatic carbocycles. The first-order valence-corrected chi connectivity index (χ1v) is 17.1. The van der Waals surface area contributed by atoms with Crippen LogP contribution in [0.25, 0.3) is 15.9 Å². The Morgan fingerprint density at radius 3 is 2.55 bits per heavy atom. The second-order valence-electron chi connectivity index (χ2n) is 12.5. The maximum absolute atomic E-state index is 12.5. The molecule has 3 unspecified atom stereocenters. The predicted molar refractivity (Wildman–Crippen MR) is 172 cm³/mol. The number of fused-ring (bicyclic) bond motifs is 3. The number of hydrogen-bond donors (Lipinski definition) is 0. The summed E-state index contributed by atoms with van der Waals surface area (Å²) in [6.45, 7) is 2.86. The van der Waals surface area contributed by atoms with Crippen LogP contribution in [0.4, 0.5) is 5.13 Å². The minimum absolute atomic E-state index is 0.173. The van der Waals surface area contributed by atoms with Crippen LogP contribution >= 0.6 is 34.5 Å². The summed E-state index contributed by atoms with van der Waals surface area (Å²) in [6.07, 6.45) is 8.41. The number of aromatic nitrogens is 3. The fraction of sp³-hybridized carbons (Fsp3) is 0.485. The van der Waals surface area contributed by atoms with Gasteiger partial charge in [0.2, 0.25) is 0 Å². The average Bonchev–Trinajstić information content (AvgIpc) is 3.34. The van der Waals surface area contributed by atoms with Gasteiger partial charge in [-0.05, 0) is 85.8 Å². The van der Waals surface area contributed by atoms with Crippen LogP contribution in [0.2, 0.25) is 10.0 Å². The zero-order valence-corrected chi connectivity index (χ0v) is 26.8. The van der Waals surface area contributed by atoms with Gasteiger partial charge in [-0.25, -0.2) is 14.5 Å². The number of nitrogens with zero attached hydrogens (tertiary/aromatic N) is 4. The van der Waals surface area contributed by atoms with E-state index in [9.17, 15) is 4.79 Å². The first-order valence-electron chi connectivity index (χ1n) is 15.5. The highest BCUT2D eigenvalue weighted by Gasteiger charge is 2.46. The zero-order valence-electron chi connectivity index (χ0n) is 24.5. The van der Waals surface area contributed by atoms with Crippen LogP contribution in [0, 0.1) is 5.92 Å². The van der Waals surface area contributed by atoms with Crippen molar-refractivity contribution in [2.24, 2.45) is 5.92 Å². The lowest BCUT2D eigenvalue weighted by molar-refractivity contribution is 0.00993. The van der Waals surface area contributed by atoms with Crippen LogP contribution < -0.4 is 4.90 Å². The number of benzene rings is 2. The number of piperidine rings is 1. The van der Waals surface area contributed by atoms with Gasteiger partial charge in [0, 0.05) is 31.7 Å². The molecular weight excluding hydrogens is 619 g/mol. The number of ether oxygens (including phenoxy) is 3. The number of anilines is 1. The maximum Gasteiger partial charge on any atom is 0.337 e. The number of hydrogen-bond acceptors (Lipinski definition) is 8. The molecule has 8 nitrogen and oxygen atoms in total. The summed E-state index contributed by atoms with van der Waals surface area (Å²) in [4.78, 5) is 20.2. The van der Waals surface area contributed by atoms with Gasteiger partial charge >= 0.3 is 5.97 Å². The Kier molecular flexibility index (Phi) is 7.58. The van der Waals surface area contributed by atoms with Gasteiger partial charge in [-0.2, -0.15) is 5.10 Å². The van der Waals surface area contributed by atoms with Crippen LogP contribution in [0.1, 0.15) is 77.5 Å². The van der Waals surface area contributed by atoms with E-state index in [0.717, 1.165) is 72.0 Å². The first kappa shape index (κ1) is 28.8. The fourth-order valence-corrected chi connectivity index (χ4v) is 9.08. The smallest absolute Gasteiger partial charge is 0.337 e. The topological polar surface area (TPSA) is 78.7 Å². The molecule has 2 bridgehead atoms. The summed E-state index contributed by atoms with van der Waals surface area (Å²) in [5.41, 5.74) is 5.75. The Hall–Kier alpha value is -2.69. The third kappa shape index (κ3) is 5.10. The van der Waals surface area contributed by atoms with Crippen LogP contribution in [0.5, 0.6) is 0 Å². The second kappa shape index (κ2) is 11.6. The molecule has 44 heavy (non-hydrogen) atoms. The Bertz CT molecular complexity index is 1710. The number of esters is 1. The van der Waals surface area contributed by atoms with Crippen LogP contribution in [-0.4, -0.2) is 59.7 Å². The number of halogens is 2. The summed E-state index contributed by atoms with van der Waals surface area (Å²) in [6, 6.07) is 9.86. The van der Waals surface area contributed by atoms with Gasteiger partial charge in [-0.15, -0.1) is 0 Å². The molecule has 0 N–H and O–H groups in total. The molecule has 0 radical (unpaired) electrons. The van der Waals surface area contributed by atoms with Crippen molar-refractivity contribution in [2.45, 2.75) is 69.1 Å². The summed E-state index contributed by atoms with van der Waals surface area (Å²) in [7, 11) is 1.44. The van der Waals surface area contributed by atoms with Crippen LogP contribution in [-0.2, 0) is 20.8 Å². The molecule has 2 aliphatic heterocycles. The molecule has 0 spiro atoms. The van der Waals surface area contributed by atoms with Crippen molar-refractivity contribution >= 4 is 55.9 Å². The lowest BCUT2D eigenvalue weighted by Crippen LogP contribution is -2.38. The number of methoxy groups -OCH3 is 1. The van der Waals surface area contributed by atoms with Crippen LogP contribution in [0.3, 0.4) is 0 Å².